The van der Waals surface area contributed by atoms with E-state index in [-0.39, 0.29) is 43.3 Å². The van der Waals surface area contributed by atoms with Crippen LogP contribution in [0.2, 0.25) is 0 Å². The molecular weight excluding hydrogens is 390 g/mol. The molecule has 3 rings (SSSR count). The molecule has 0 bridgehead atoms. The molecule has 10 heteroatoms. The molecule has 0 radical (unpaired) electrons. The fourth-order valence-corrected chi connectivity index (χ4v) is 6.82. The van der Waals surface area contributed by atoms with Crippen molar-refractivity contribution in [3.63, 3.8) is 0 Å². The van der Waals surface area contributed by atoms with Gasteiger partial charge in [0.2, 0.25) is 10.0 Å². The molecule has 1 aromatic rings. The van der Waals surface area contributed by atoms with Crippen molar-refractivity contribution in [2.24, 2.45) is 0 Å². The summed E-state index contributed by atoms with van der Waals surface area (Å²) in [7, 11) is -7.24. The van der Waals surface area contributed by atoms with Crippen molar-refractivity contribution in [2.45, 2.75) is 37.9 Å². The molecule has 2 fully saturated rings. The van der Waals surface area contributed by atoms with E-state index in [0.717, 1.165) is 5.56 Å². The predicted octanol–water partition coefficient (Wildman–Crippen LogP) is 0.655. The molecule has 152 valence electrons. The highest BCUT2D eigenvalue weighted by molar-refractivity contribution is 7.89. The van der Waals surface area contributed by atoms with E-state index >= 15 is 0 Å². The second-order valence-corrected chi connectivity index (χ2v) is 11.1. The van der Waals surface area contributed by atoms with Crippen LogP contribution in [0, 0.1) is 6.92 Å². The Morgan fingerprint density at radius 1 is 0.889 bits per heavy atom. The van der Waals surface area contributed by atoms with E-state index in [9.17, 15) is 16.8 Å². The Bertz CT molecular complexity index is 870. The average molecular weight is 418 g/mol. The maximum atomic E-state index is 12.9. The average Bonchev–Trinajstić information content (AvgIpc) is 2.61. The molecule has 0 aliphatic carbocycles. The molecule has 0 spiro atoms. The summed E-state index contributed by atoms with van der Waals surface area (Å²) in [4.78, 5) is 0.245. The highest BCUT2D eigenvalue weighted by Gasteiger charge is 2.38. The van der Waals surface area contributed by atoms with Crippen LogP contribution in [-0.4, -0.2) is 81.2 Å². The van der Waals surface area contributed by atoms with Gasteiger partial charge in [0.25, 0.3) is 10.2 Å². The first-order valence-electron chi connectivity index (χ1n) is 9.08. The number of ether oxygens (including phenoxy) is 1. The van der Waals surface area contributed by atoms with E-state index in [1.807, 2.05) is 26.8 Å². The zero-order valence-corrected chi connectivity index (χ0v) is 17.5. The molecule has 2 saturated heterocycles. The van der Waals surface area contributed by atoms with Crippen LogP contribution in [0.3, 0.4) is 0 Å². The first-order valence-corrected chi connectivity index (χ1v) is 11.9. The fraction of sp³-hybridized carbons (Fsp3) is 0.647. The van der Waals surface area contributed by atoms with E-state index in [1.54, 1.807) is 18.2 Å². The lowest BCUT2D eigenvalue weighted by molar-refractivity contribution is -0.0456. The van der Waals surface area contributed by atoms with E-state index in [2.05, 4.69) is 0 Å². The normalized spacial score (nSPS) is 26.9. The largest absolute Gasteiger partial charge is 0.373 e. The minimum absolute atomic E-state index is 0.144. The van der Waals surface area contributed by atoms with Gasteiger partial charge in [0.15, 0.2) is 0 Å². The molecule has 0 saturated carbocycles. The quantitative estimate of drug-likeness (QED) is 0.718. The van der Waals surface area contributed by atoms with Crippen LogP contribution in [0.15, 0.2) is 29.2 Å². The summed E-state index contributed by atoms with van der Waals surface area (Å²) in [6.07, 6.45) is -0.321. The molecule has 27 heavy (non-hydrogen) atoms. The molecule has 2 atom stereocenters. The standard InChI is InChI=1S/C17H27N3O5S2/c1-14-5-4-6-17(11-14)26(21,22)18-7-9-19(10-8-18)27(23,24)20-12-15(2)25-16(3)13-20/h4-6,11,15-16H,7-10,12-13H2,1-3H3. The van der Waals surface area contributed by atoms with E-state index in [0.29, 0.717) is 13.1 Å². The highest BCUT2D eigenvalue weighted by Crippen LogP contribution is 2.22. The topological polar surface area (TPSA) is 87.2 Å². The lowest BCUT2D eigenvalue weighted by Gasteiger charge is -2.40. The Balaban J connectivity index is 1.69. The number of hydrogen-bond acceptors (Lipinski definition) is 5. The van der Waals surface area contributed by atoms with Crippen LogP contribution in [0.1, 0.15) is 19.4 Å². The third-order valence-corrected chi connectivity index (χ3v) is 8.73. The molecule has 2 aliphatic rings. The predicted molar refractivity (Wildman–Crippen MR) is 102 cm³/mol. The number of hydrogen-bond donors (Lipinski definition) is 0. The number of nitrogens with zero attached hydrogens (tertiary/aromatic N) is 3. The van der Waals surface area contributed by atoms with Gasteiger partial charge in [0.1, 0.15) is 0 Å². The van der Waals surface area contributed by atoms with Gasteiger partial charge in [-0.1, -0.05) is 12.1 Å². The van der Waals surface area contributed by atoms with Crippen molar-refractivity contribution < 1.29 is 21.6 Å². The zero-order valence-electron chi connectivity index (χ0n) is 15.9. The number of rotatable bonds is 4. The minimum atomic E-state index is -3.63. The molecular formula is C17H27N3O5S2. The second-order valence-electron chi connectivity index (χ2n) is 7.20. The van der Waals surface area contributed by atoms with E-state index in [4.69, 9.17) is 4.74 Å². The monoisotopic (exact) mass is 417 g/mol. The van der Waals surface area contributed by atoms with Gasteiger partial charge in [-0.15, -0.1) is 0 Å². The highest BCUT2D eigenvalue weighted by atomic mass is 32.2. The van der Waals surface area contributed by atoms with Gasteiger partial charge in [-0.05, 0) is 38.5 Å². The molecule has 0 N–H and O–H groups in total. The smallest absolute Gasteiger partial charge is 0.282 e. The SMILES string of the molecule is Cc1cccc(S(=O)(=O)N2CCN(S(=O)(=O)N3CC(C)OC(C)C3)CC2)c1. The lowest BCUT2D eigenvalue weighted by Crippen LogP contribution is -2.57. The van der Waals surface area contributed by atoms with Crippen molar-refractivity contribution in [2.75, 3.05) is 39.3 Å². The van der Waals surface area contributed by atoms with Crippen LogP contribution in [-0.2, 0) is 25.0 Å². The summed E-state index contributed by atoms with van der Waals surface area (Å²) >= 11 is 0. The number of piperazine rings is 1. The summed E-state index contributed by atoms with van der Waals surface area (Å²) < 4.78 is 61.3. The van der Waals surface area contributed by atoms with Gasteiger partial charge in [-0.2, -0.15) is 21.3 Å². The summed E-state index contributed by atoms with van der Waals surface area (Å²) in [5, 5.41) is 0. The Kier molecular flexibility index (Phi) is 5.95. The van der Waals surface area contributed by atoms with Crippen LogP contribution in [0.5, 0.6) is 0 Å². The Hall–Kier alpha value is -1.04. The van der Waals surface area contributed by atoms with E-state index < -0.39 is 20.2 Å². The van der Waals surface area contributed by atoms with E-state index in [1.165, 1.54) is 12.9 Å². The third-order valence-electron chi connectivity index (χ3n) is 4.86. The van der Waals surface area contributed by atoms with Crippen LogP contribution in [0.4, 0.5) is 0 Å². The summed E-state index contributed by atoms with van der Waals surface area (Å²) in [5.41, 5.74) is 0.868. The fourth-order valence-electron chi connectivity index (χ4n) is 3.55. The van der Waals surface area contributed by atoms with Crippen molar-refractivity contribution in [3.05, 3.63) is 29.8 Å². The van der Waals surface area contributed by atoms with Gasteiger partial charge in [-0.25, -0.2) is 8.42 Å². The van der Waals surface area contributed by atoms with Crippen molar-refractivity contribution in [1.29, 1.82) is 0 Å². The molecule has 2 unspecified atom stereocenters. The van der Waals surface area contributed by atoms with Gasteiger partial charge in [0, 0.05) is 39.3 Å². The Morgan fingerprint density at radius 3 is 2.00 bits per heavy atom. The number of morpholine rings is 1. The van der Waals surface area contributed by atoms with Crippen molar-refractivity contribution >= 4 is 20.2 Å². The zero-order chi connectivity index (χ0) is 19.8. The van der Waals surface area contributed by atoms with Crippen molar-refractivity contribution in [3.8, 4) is 0 Å². The molecule has 1 aromatic carbocycles. The van der Waals surface area contributed by atoms with Crippen molar-refractivity contribution in [1.82, 2.24) is 12.9 Å². The van der Waals surface area contributed by atoms with Gasteiger partial charge >= 0.3 is 0 Å². The summed E-state index contributed by atoms with van der Waals surface area (Å²) in [5.74, 6) is 0. The lowest BCUT2D eigenvalue weighted by atomic mass is 10.2. The maximum Gasteiger partial charge on any atom is 0.282 e. The summed E-state index contributed by atoms with van der Waals surface area (Å²) in [6, 6.07) is 6.76. The molecule has 0 amide bonds. The molecule has 2 heterocycles. The Morgan fingerprint density at radius 2 is 1.44 bits per heavy atom. The number of sulfonamides is 1. The van der Waals surface area contributed by atoms with Gasteiger partial charge < -0.3 is 4.74 Å². The number of aryl methyl sites for hydroxylation is 1. The summed E-state index contributed by atoms with van der Waals surface area (Å²) in [6.45, 7) is 6.75. The minimum Gasteiger partial charge on any atom is -0.373 e. The molecule has 8 nitrogen and oxygen atoms in total. The Labute approximate surface area is 161 Å². The van der Waals surface area contributed by atoms with Gasteiger partial charge in [-0.3, -0.25) is 0 Å². The molecule has 0 aromatic heterocycles. The van der Waals surface area contributed by atoms with Crippen LogP contribution >= 0.6 is 0 Å². The first-order chi connectivity index (χ1) is 12.6. The maximum absolute atomic E-state index is 12.9. The van der Waals surface area contributed by atoms with Crippen LogP contribution < -0.4 is 0 Å². The third kappa shape index (κ3) is 4.36. The molecule has 2 aliphatic heterocycles. The van der Waals surface area contributed by atoms with Crippen LogP contribution in [0.25, 0.3) is 0 Å². The first kappa shape index (κ1) is 20.7. The van der Waals surface area contributed by atoms with Gasteiger partial charge in [0.05, 0.1) is 17.1 Å². The second kappa shape index (κ2) is 7.76. The number of benzene rings is 1.